The van der Waals surface area contributed by atoms with Gasteiger partial charge >= 0.3 is 0 Å². The molecular weight excluding hydrogens is 384 g/mol. The van der Waals surface area contributed by atoms with Crippen molar-refractivity contribution in [3.63, 3.8) is 0 Å². The van der Waals surface area contributed by atoms with Crippen LogP contribution in [0.4, 0.5) is 0 Å². The maximum absolute atomic E-state index is 13.2. The van der Waals surface area contributed by atoms with Crippen molar-refractivity contribution < 1.29 is 4.42 Å². The van der Waals surface area contributed by atoms with Crippen LogP contribution in [0.5, 0.6) is 0 Å². The summed E-state index contributed by atoms with van der Waals surface area (Å²) in [6, 6.07) is 20.6. The van der Waals surface area contributed by atoms with E-state index < -0.39 is 0 Å². The lowest BCUT2D eigenvalue weighted by atomic mass is 10.2. The van der Waals surface area contributed by atoms with Gasteiger partial charge in [0.1, 0.15) is 11.3 Å². The van der Waals surface area contributed by atoms with Crippen molar-refractivity contribution in [2.75, 3.05) is 0 Å². The molecule has 142 valence electrons. The highest BCUT2D eigenvalue weighted by Crippen LogP contribution is 2.25. The molecule has 0 fully saturated rings. The van der Waals surface area contributed by atoms with Crippen LogP contribution in [0.25, 0.3) is 27.8 Å². The van der Waals surface area contributed by atoms with E-state index in [4.69, 9.17) is 9.40 Å². The number of aromatic nitrogens is 4. The van der Waals surface area contributed by atoms with Gasteiger partial charge in [0.2, 0.25) is 5.89 Å². The zero-order valence-electron chi connectivity index (χ0n) is 15.6. The van der Waals surface area contributed by atoms with Crippen molar-refractivity contribution in [1.82, 2.24) is 19.5 Å². The fourth-order valence-corrected chi connectivity index (χ4v) is 4.02. The SMILES string of the molecule is Cc1cccc(-n2c(SCc3nc4ccccc4o3)nc3ccccc3c2=O)n1. The first-order valence-corrected chi connectivity index (χ1v) is 10.1. The number of thioether (sulfide) groups is 1. The molecule has 3 aromatic heterocycles. The van der Waals surface area contributed by atoms with Gasteiger partial charge in [-0.25, -0.2) is 19.5 Å². The van der Waals surface area contributed by atoms with Crippen LogP contribution < -0.4 is 5.56 Å². The average Bonchev–Trinajstić information content (AvgIpc) is 3.15. The van der Waals surface area contributed by atoms with E-state index in [1.807, 2.05) is 67.6 Å². The molecule has 0 saturated heterocycles. The molecule has 0 atom stereocenters. The first-order chi connectivity index (χ1) is 14.2. The van der Waals surface area contributed by atoms with Crippen LogP contribution in [0.1, 0.15) is 11.6 Å². The average molecular weight is 400 g/mol. The van der Waals surface area contributed by atoms with Gasteiger partial charge in [-0.3, -0.25) is 4.79 Å². The molecule has 0 aliphatic carbocycles. The molecule has 0 aliphatic rings. The van der Waals surface area contributed by atoms with Crippen LogP contribution in [0.3, 0.4) is 0 Å². The standard InChI is InChI=1S/C22H16N4O2S/c1-14-7-6-12-19(23-14)26-21(27)15-8-2-3-9-16(15)25-22(26)29-13-20-24-17-10-4-5-11-18(17)28-20/h2-12H,13H2,1H3. The van der Waals surface area contributed by atoms with Crippen molar-refractivity contribution in [1.29, 1.82) is 0 Å². The maximum atomic E-state index is 13.2. The topological polar surface area (TPSA) is 73.8 Å². The fraction of sp³-hybridized carbons (Fsp3) is 0.0909. The number of benzene rings is 2. The second kappa shape index (κ2) is 7.18. The highest BCUT2D eigenvalue weighted by Gasteiger charge is 2.16. The number of hydrogen-bond donors (Lipinski definition) is 0. The Balaban J connectivity index is 1.61. The molecule has 0 unspecified atom stereocenters. The molecule has 0 saturated carbocycles. The zero-order chi connectivity index (χ0) is 19.8. The predicted octanol–water partition coefficient (Wildman–Crippen LogP) is 4.52. The number of aryl methyl sites for hydroxylation is 1. The number of rotatable bonds is 4. The molecule has 0 N–H and O–H groups in total. The zero-order valence-corrected chi connectivity index (χ0v) is 16.4. The van der Waals surface area contributed by atoms with Crippen molar-refractivity contribution in [3.05, 3.63) is 88.7 Å². The van der Waals surface area contributed by atoms with Crippen LogP contribution in [0.15, 0.2) is 81.1 Å². The van der Waals surface area contributed by atoms with Gasteiger partial charge in [0.15, 0.2) is 10.7 Å². The van der Waals surface area contributed by atoms with E-state index in [9.17, 15) is 4.79 Å². The quantitative estimate of drug-likeness (QED) is 0.326. The summed E-state index contributed by atoms with van der Waals surface area (Å²) < 4.78 is 7.37. The van der Waals surface area contributed by atoms with Gasteiger partial charge < -0.3 is 4.42 Å². The minimum atomic E-state index is -0.145. The van der Waals surface area contributed by atoms with E-state index in [0.29, 0.717) is 33.5 Å². The highest BCUT2D eigenvalue weighted by atomic mass is 32.2. The largest absolute Gasteiger partial charge is 0.440 e. The third-order valence-electron chi connectivity index (χ3n) is 4.51. The molecule has 0 aliphatic heterocycles. The Hall–Kier alpha value is -3.45. The summed E-state index contributed by atoms with van der Waals surface area (Å²) in [5, 5.41) is 1.11. The van der Waals surface area contributed by atoms with Gasteiger partial charge in [0.05, 0.1) is 16.7 Å². The van der Waals surface area contributed by atoms with Crippen molar-refractivity contribution in [3.8, 4) is 5.82 Å². The third-order valence-corrected chi connectivity index (χ3v) is 5.43. The predicted molar refractivity (Wildman–Crippen MR) is 113 cm³/mol. The van der Waals surface area contributed by atoms with Crippen LogP contribution in [-0.4, -0.2) is 19.5 Å². The van der Waals surface area contributed by atoms with E-state index in [1.54, 1.807) is 10.6 Å². The van der Waals surface area contributed by atoms with Gasteiger partial charge in [-0.05, 0) is 43.3 Å². The fourth-order valence-electron chi connectivity index (χ4n) is 3.17. The summed E-state index contributed by atoms with van der Waals surface area (Å²) in [6.07, 6.45) is 0. The third kappa shape index (κ3) is 3.30. The van der Waals surface area contributed by atoms with Crippen molar-refractivity contribution in [2.45, 2.75) is 17.8 Å². The second-order valence-electron chi connectivity index (χ2n) is 6.55. The molecule has 7 heteroatoms. The van der Waals surface area contributed by atoms with Crippen molar-refractivity contribution >= 4 is 33.8 Å². The lowest BCUT2D eigenvalue weighted by molar-refractivity contribution is 0.555. The number of nitrogens with zero attached hydrogens (tertiary/aromatic N) is 4. The lowest BCUT2D eigenvalue weighted by Gasteiger charge is -2.12. The maximum Gasteiger partial charge on any atom is 0.267 e. The number of hydrogen-bond acceptors (Lipinski definition) is 6. The molecule has 2 aromatic carbocycles. The molecule has 5 rings (SSSR count). The van der Waals surface area contributed by atoms with E-state index in [0.717, 1.165) is 16.8 Å². The lowest BCUT2D eigenvalue weighted by Crippen LogP contribution is -2.22. The minimum Gasteiger partial charge on any atom is -0.440 e. The summed E-state index contributed by atoms with van der Waals surface area (Å²) in [7, 11) is 0. The summed E-state index contributed by atoms with van der Waals surface area (Å²) in [4.78, 5) is 27.0. The molecule has 0 spiro atoms. The Morgan fingerprint density at radius 1 is 0.897 bits per heavy atom. The minimum absolute atomic E-state index is 0.145. The van der Waals surface area contributed by atoms with Gasteiger partial charge in [-0.15, -0.1) is 0 Å². The Bertz CT molecular complexity index is 1370. The molecular formula is C22H16N4O2S. The Morgan fingerprint density at radius 2 is 1.69 bits per heavy atom. The number of para-hydroxylation sites is 3. The Labute approximate surface area is 170 Å². The first kappa shape index (κ1) is 17.6. The normalized spacial score (nSPS) is 11.3. The molecule has 0 amide bonds. The molecule has 5 aromatic rings. The molecule has 0 radical (unpaired) electrons. The van der Waals surface area contributed by atoms with E-state index >= 15 is 0 Å². The smallest absolute Gasteiger partial charge is 0.267 e. The van der Waals surface area contributed by atoms with E-state index in [1.165, 1.54) is 11.8 Å². The summed E-state index contributed by atoms with van der Waals surface area (Å²) in [6.45, 7) is 1.90. The van der Waals surface area contributed by atoms with Crippen LogP contribution in [0.2, 0.25) is 0 Å². The highest BCUT2D eigenvalue weighted by molar-refractivity contribution is 7.98. The van der Waals surface area contributed by atoms with Crippen molar-refractivity contribution in [2.24, 2.45) is 0 Å². The Morgan fingerprint density at radius 3 is 2.52 bits per heavy atom. The number of fused-ring (bicyclic) bond motifs is 2. The van der Waals surface area contributed by atoms with Crippen LogP contribution in [-0.2, 0) is 5.75 Å². The molecule has 3 heterocycles. The van der Waals surface area contributed by atoms with Crippen LogP contribution in [0, 0.1) is 6.92 Å². The Kier molecular flexibility index (Phi) is 4.37. The van der Waals surface area contributed by atoms with Gasteiger partial charge in [-0.2, -0.15) is 0 Å². The molecule has 6 nitrogen and oxygen atoms in total. The number of pyridine rings is 1. The van der Waals surface area contributed by atoms with Gasteiger partial charge in [0.25, 0.3) is 5.56 Å². The molecule has 29 heavy (non-hydrogen) atoms. The van der Waals surface area contributed by atoms with Gasteiger partial charge in [0, 0.05) is 5.69 Å². The monoisotopic (exact) mass is 400 g/mol. The van der Waals surface area contributed by atoms with Crippen LogP contribution >= 0.6 is 11.8 Å². The summed E-state index contributed by atoms with van der Waals surface area (Å²) in [5.74, 6) is 1.58. The first-order valence-electron chi connectivity index (χ1n) is 9.12. The summed E-state index contributed by atoms with van der Waals surface area (Å²) >= 11 is 1.40. The second-order valence-corrected chi connectivity index (χ2v) is 7.50. The van der Waals surface area contributed by atoms with E-state index in [-0.39, 0.29) is 5.56 Å². The number of oxazole rings is 1. The van der Waals surface area contributed by atoms with Gasteiger partial charge in [-0.1, -0.05) is 42.1 Å². The molecule has 0 bridgehead atoms. The van der Waals surface area contributed by atoms with E-state index in [2.05, 4.69) is 9.97 Å². The summed E-state index contributed by atoms with van der Waals surface area (Å²) in [5.41, 5.74) is 2.90.